The van der Waals surface area contributed by atoms with Crippen molar-refractivity contribution < 1.29 is 0 Å². The molecule has 0 N–H and O–H groups in total. The first kappa shape index (κ1) is 17.0. The molecule has 0 unspecified atom stereocenters. The van der Waals surface area contributed by atoms with Crippen LogP contribution in [0.5, 0.6) is 0 Å². The summed E-state index contributed by atoms with van der Waals surface area (Å²) in [5.74, 6) is 0.554. The Hall–Kier alpha value is -2.46. The highest BCUT2D eigenvalue weighted by Crippen LogP contribution is 2.29. The lowest BCUT2D eigenvalue weighted by Gasteiger charge is -2.22. The zero-order valence-electron chi connectivity index (χ0n) is 15.4. The lowest BCUT2D eigenvalue weighted by molar-refractivity contribution is 0.243. The molecule has 0 bridgehead atoms. The number of fused-ring (bicyclic) bond motifs is 1. The summed E-state index contributed by atoms with van der Waals surface area (Å²) in [6.45, 7) is 6.06. The summed E-state index contributed by atoms with van der Waals surface area (Å²) in [6.07, 6.45) is 4.23. The van der Waals surface area contributed by atoms with Crippen molar-refractivity contribution in [3.8, 4) is 0 Å². The molecule has 4 nitrogen and oxygen atoms in total. The molecule has 0 radical (unpaired) electrons. The van der Waals surface area contributed by atoms with Crippen molar-refractivity contribution in [3.05, 3.63) is 81.9 Å². The van der Waals surface area contributed by atoms with Gasteiger partial charge < -0.3 is 0 Å². The van der Waals surface area contributed by atoms with Crippen LogP contribution >= 0.6 is 0 Å². The van der Waals surface area contributed by atoms with E-state index in [-0.39, 0.29) is 5.56 Å². The summed E-state index contributed by atoms with van der Waals surface area (Å²) >= 11 is 0. The van der Waals surface area contributed by atoms with Crippen molar-refractivity contribution in [1.29, 1.82) is 0 Å². The van der Waals surface area contributed by atoms with Gasteiger partial charge in [-0.1, -0.05) is 44.2 Å². The van der Waals surface area contributed by atoms with Crippen molar-refractivity contribution in [3.63, 3.8) is 0 Å². The van der Waals surface area contributed by atoms with Gasteiger partial charge in [0, 0.05) is 31.4 Å². The summed E-state index contributed by atoms with van der Waals surface area (Å²) in [6, 6.07) is 16.9. The van der Waals surface area contributed by atoms with E-state index in [0.29, 0.717) is 17.6 Å². The molecule has 4 rings (SSSR count). The number of hydrogen-bond acceptors (Lipinski definition) is 3. The molecule has 1 fully saturated rings. The summed E-state index contributed by atoms with van der Waals surface area (Å²) < 4.78 is 1.59. The second kappa shape index (κ2) is 7.04. The predicted octanol–water partition coefficient (Wildman–Crippen LogP) is 3.98. The minimum atomic E-state index is -0.0115. The molecular weight excluding hydrogens is 322 g/mol. The van der Waals surface area contributed by atoms with Gasteiger partial charge in [-0.05, 0) is 42.0 Å². The smallest absolute Gasteiger partial charge is 0.258 e. The maximum Gasteiger partial charge on any atom is 0.258 e. The minimum absolute atomic E-state index is 0.0115. The molecule has 0 amide bonds. The lowest BCUT2D eigenvalue weighted by Crippen LogP contribution is -2.27. The van der Waals surface area contributed by atoms with E-state index in [2.05, 4.69) is 48.0 Å². The van der Waals surface area contributed by atoms with Crippen LogP contribution in [-0.2, 0) is 13.1 Å². The van der Waals surface area contributed by atoms with Gasteiger partial charge in [0.05, 0.1) is 5.69 Å². The Kier molecular flexibility index (Phi) is 4.60. The van der Waals surface area contributed by atoms with Crippen LogP contribution in [0.15, 0.2) is 59.5 Å². The molecule has 0 aliphatic heterocycles. The van der Waals surface area contributed by atoms with Gasteiger partial charge >= 0.3 is 0 Å². The fourth-order valence-electron chi connectivity index (χ4n) is 3.39. The quantitative estimate of drug-likeness (QED) is 0.677. The van der Waals surface area contributed by atoms with E-state index in [4.69, 9.17) is 0 Å². The third-order valence-corrected chi connectivity index (χ3v) is 5.08. The van der Waals surface area contributed by atoms with E-state index in [1.54, 1.807) is 16.7 Å². The van der Waals surface area contributed by atoms with Crippen LogP contribution in [0.4, 0.5) is 0 Å². The molecule has 0 saturated heterocycles. The number of aromatic nitrogens is 2. The maximum absolute atomic E-state index is 12.3. The highest BCUT2D eigenvalue weighted by atomic mass is 16.1. The monoisotopic (exact) mass is 347 g/mol. The minimum Gasteiger partial charge on any atom is -0.290 e. The van der Waals surface area contributed by atoms with E-state index in [9.17, 15) is 4.79 Å². The normalized spacial score (nSPS) is 14.5. The van der Waals surface area contributed by atoms with E-state index in [1.807, 2.05) is 18.2 Å². The Morgan fingerprint density at radius 3 is 2.58 bits per heavy atom. The molecular formula is C22H25N3O. The van der Waals surface area contributed by atoms with E-state index < -0.39 is 0 Å². The van der Waals surface area contributed by atoms with Crippen molar-refractivity contribution >= 4 is 5.65 Å². The fourth-order valence-corrected chi connectivity index (χ4v) is 3.39. The second-order valence-electron chi connectivity index (χ2n) is 7.55. The SMILES string of the molecule is CC(C)c1ccc(CN(Cc2cc(=O)n3ccccc3n2)C2CC2)cc1. The van der Waals surface area contributed by atoms with Crippen LogP contribution in [0.1, 0.15) is 49.4 Å². The van der Waals surface area contributed by atoms with Crippen LogP contribution < -0.4 is 5.56 Å². The molecule has 1 aliphatic rings. The number of rotatable bonds is 6. The zero-order chi connectivity index (χ0) is 18.1. The third-order valence-electron chi connectivity index (χ3n) is 5.08. The zero-order valence-corrected chi connectivity index (χ0v) is 15.4. The average Bonchev–Trinajstić information content (AvgIpc) is 3.47. The topological polar surface area (TPSA) is 37.6 Å². The molecule has 2 heterocycles. The van der Waals surface area contributed by atoms with Gasteiger partial charge in [-0.25, -0.2) is 4.98 Å². The molecule has 1 aliphatic carbocycles. The number of benzene rings is 1. The van der Waals surface area contributed by atoms with Crippen LogP contribution in [0.2, 0.25) is 0 Å². The Morgan fingerprint density at radius 1 is 1.12 bits per heavy atom. The largest absolute Gasteiger partial charge is 0.290 e. The van der Waals surface area contributed by atoms with Gasteiger partial charge in [0.15, 0.2) is 0 Å². The van der Waals surface area contributed by atoms with E-state index in [0.717, 1.165) is 18.8 Å². The first-order chi connectivity index (χ1) is 12.6. The van der Waals surface area contributed by atoms with Gasteiger partial charge in [-0.2, -0.15) is 0 Å². The van der Waals surface area contributed by atoms with Gasteiger partial charge in [0.25, 0.3) is 5.56 Å². The molecule has 26 heavy (non-hydrogen) atoms. The van der Waals surface area contributed by atoms with Gasteiger partial charge in [0.1, 0.15) is 5.65 Å². The molecule has 0 spiro atoms. The first-order valence-corrected chi connectivity index (χ1v) is 9.40. The van der Waals surface area contributed by atoms with Crippen molar-refractivity contribution in [2.45, 2.75) is 51.7 Å². The molecule has 3 aromatic rings. The molecule has 134 valence electrons. The van der Waals surface area contributed by atoms with E-state index in [1.165, 1.54) is 24.0 Å². The average molecular weight is 347 g/mol. The Bertz CT molecular complexity index is 955. The second-order valence-corrected chi connectivity index (χ2v) is 7.55. The summed E-state index contributed by atoms with van der Waals surface area (Å²) in [5, 5.41) is 0. The molecule has 2 aromatic heterocycles. The number of nitrogens with zero attached hydrogens (tertiary/aromatic N) is 3. The summed E-state index contributed by atoms with van der Waals surface area (Å²) in [5.41, 5.74) is 4.25. The van der Waals surface area contributed by atoms with Gasteiger partial charge in [0.2, 0.25) is 0 Å². The highest BCUT2D eigenvalue weighted by molar-refractivity contribution is 5.38. The van der Waals surface area contributed by atoms with Crippen molar-refractivity contribution in [1.82, 2.24) is 14.3 Å². The maximum atomic E-state index is 12.3. The Balaban J connectivity index is 1.55. The summed E-state index contributed by atoms with van der Waals surface area (Å²) in [7, 11) is 0. The van der Waals surface area contributed by atoms with Crippen LogP contribution in [0.3, 0.4) is 0 Å². The predicted molar refractivity (Wildman–Crippen MR) is 104 cm³/mol. The van der Waals surface area contributed by atoms with Crippen molar-refractivity contribution in [2.75, 3.05) is 0 Å². The lowest BCUT2D eigenvalue weighted by atomic mass is 10.0. The fraction of sp³-hybridized carbons (Fsp3) is 0.364. The molecule has 4 heteroatoms. The van der Waals surface area contributed by atoms with Crippen LogP contribution in [0, 0.1) is 0 Å². The molecule has 1 aromatic carbocycles. The Labute approximate surface area is 154 Å². The summed E-state index contributed by atoms with van der Waals surface area (Å²) in [4.78, 5) is 19.5. The van der Waals surface area contributed by atoms with Crippen molar-refractivity contribution in [2.24, 2.45) is 0 Å². The van der Waals surface area contributed by atoms with Crippen LogP contribution in [0.25, 0.3) is 5.65 Å². The standard InChI is InChI=1S/C22H25N3O/c1-16(2)18-8-6-17(7-9-18)14-24(20-10-11-20)15-19-13-22(26)25-12-4-3-5-21(25)23-19/h3-9,12-13,16,20H,10-11,14-15H2,1-2H3. The molecule has 1 saturated carbocycles. The highest BCUT2D eigenvalue weighted by Gasteiger charge is 2.29. The molecule has 0 atom stereocenters. The van der Waals surface area contributed by atoms with Crippen LogP contribution in [-0.4, -0.2) is 20.3 Å². The van der Waals surface area contributed by atoms with Gasteiger partial charge in [-0.3, -0.25) is 14.1 Å². The first-order valence-electron chi connectivity index (χ1n) is 9.40. The number of pyridine rings is 1. The number of hydrogen-bond donors (Lipinski definition) is 0. The Morgan fingerprint density at radius 2 is 1.88 bits per heavy atom. The third kappa shape index (κ3) is 3.70. The van der Waals surface area contributed by atoms with E-state index >= 15 is 0 Å². The van der Waals surface area contributed by atoms with Gasteiger partial charge in [-0.15, -0.1) is 0 Å².